The Kier molecular flexibility index (Phi) is 9.11. The summed E-state index contributed by atoms with van der Waals surface area (Å²) < 4.78 is 53.2. The van der Waals surface area contributed by atoms with Crippen molar-refractivity contribution in [3.05, 3.63) is 36.7 Å². The molecule has 224 valence electrons. The number of hydrogen-bond acceptors (Lipinski definition) is 13. The third kappa shape index (κ3) is 6.42. The molecule has 1 saturated heterocycles. The van der Waals surface area contributed by atoms with Crippen molar-refractivity contribution in [2.45, 2.75) is 57.0 Å². The van der Waals surface area contributed by atoms with Crippen LogP contribution in [0.4, 0.5) is 16.2 Å². The van der Waals surface area contributed by atoms with E-state index in [1.165, 1.54) is 25.4 Å². The number of imidazole rings is 1. The summed E-state index contributed by atoms with van der Waals surface area (Å²) in [4.78, 5) is 24.7. The molecule has 3 aromatic rings. The van der Waals surface area contributed by atoms with Gasteiger partial charge in [-0.1, -0.05) is 18.2 Å². The number of carbonyl (C=O) groups excluding carboxylic acids is 1. The molecule has 0 aliphatic carbocycles. The van der Waals surface area contributed by atoms with E-state index < -0.39 is 63.2 Å². The van der Waals surface area contributed by atoms with Crippen LogP contribution in [0.25, 0.3) is 11.2 Å². The molecule has 6 atom stereocenters. The van der Waals surface area contributed by atoms with Gasteiger partial charge in [0, 0.05) is 7.05 Å². The van der Waals surface area contributed by atoms with Gasteiger partial charge < -0.3 is 35.3 Å². The molecule has 4 rings (SSSR count). The lowest BCUT2D eigenvalue weighted by Crippen LogP contribution is -2.46. The number of fused-ring (bicyclic) bond motifs is 1. The van der Waals surface area contributed by atoms with Crippen molar-refractivity contribution >= 4 is 36.6 Å². The molecule has 1 fully saturated rings. The van der Waals surface area contributed by atoms with Crippen LogP contribution in [0, 0.1) is 0 Å². The van der Waals surface area contributed by atoms with Crippen LogP contribution < -0.4 is 20.7 Å². The first kappa shape index (κ1) is 30.6. The minimum absolute atomic E-state index is 0.0772. The molecule has 0 radical (unpaired) electrons. The number of para-hydroxylation sites is 1. The predicted octanol–water partition coefficient (Wildman–Crippen LogP) is 1.54. The fraction of sp³-hybridized carbons (Fsp3) is 0.500. The SMILES string of the molecule is CNc1nc(N)nc2c1ncn2[C@@H]1OC(COP(=O)(N[C@@H](C)C(=O)OC(C)C)Oc2ccccc2)[C@@H](O)[C@]1(F)CO. The summed E-state index contributed by atoms with van der Waals surface area (Å²) in [5.41, 5.74) is 3.35. The van der Waals surface area contributed by atoms with Gasteiger partial charge in [-0.3, -0.25) is 13.9 Å². The van der Waals surface area contributed by atoms with E-state index in [0.717, 1.165) is 4.57 Å². The summed E-state index contributed by atoms with van der Waals surface area (Å²) in [6.07, 6.45) is -4.27. The number of aliphatic hydroxyl groups excluding tert-OH is 2. The van der Waals surface area contributed by atoms with Crippen molar-refractivity contribution in [3.8, 4) is 5.75 Å². The van der Waals surface area contributed by atoms with Crippen LogP contribution in [0.2, 0.25) is 0 Å². The number of halogens is 1. The van der Waals surface area contributed by atoms with Gasteiger partial charge in [-0.25, -0.2) is 13.9 Å². The molecule has 1 aliphatic heterocycles. The van der Waals surface area contributed by atoms with Crippen LogP contribution in [0.15, 0.2) is 36.7 Å². The number of carbonyl (C=O) groups is 1. The summed E-state index contributed by atoms with van der Waals surface area (Å²) in [6.45, 7) is 2.90. The Labute approximate surface area is 234 Å². The van der Waals surface area contributed by atoms with E-state index in [1.54, 1.807) is 39.1 Å². The van der Waals surface area contributed by atoms with Gasteiger partial charge in [-0.05, 0) is 32.9 Å². The van der Waals surface area contributed by atoms with Gasteiger partial charge in [0.15, 0.2) is 23.2 Å². The molecule has 1 aromatic carbocycles. The Hall–Kier alpha value is -3.40. The van der Waals surface area contributed by atoms with E-state index in [-0.39, 0.29) is 28.7 Å². The normalized spacial score (nSPS) is 24.7. The smallest absolute Gasteiger partial charge is 0.459 e. The van der Waals surface area contributed by atoms with Gasteiger partial charge in [0.05, 0.1) is 25.6 Å². The van der Waals surface area contributed by atoms with Crippen LogP contribution in [-0.4, -0.2) is 86.0 Å². The van der Waals surface area contributed by atoms with Gasteiger partial charge in [-0.15, -0.1) is 0 Å². The standard InChI is InChI=1S/C24H33FN7O8P/c1-13(2)38-21(35)14(3)31-41(36,40-15-8-6-5-7-9-15)37-10-16-18(34)24(25,11-33)22(39-16)32-12-28-17-19(27-4)29-23(26)30-20(17)32/h5-9,12-14,16,18,22,33-34H,10-11H2,1-4H3,(H,31,36)(H3,26,27,29,30)/t14-,16?,18+,22+,24+,41?/m0/s1. The second kappa shape index (κ2) is 12.2. The number of aromatic nitrogens is 4. The molecule has 1 aliphatic rings. The van der Waals surface area contributed by atoms with Gasteiger partial charge in [-0.2, -0.15) is 15.1 Å². The third-order valence-corrected chi connectivity index (χ3v) is 7.81. The zero-order valence-electron chi connectivity index (χ0n) is 22.8. The number of anilines is 2. The molecule has 0 saturated carbocycles. The van der Waals surface area contributed by atoms with Crippen molar-refractivity contribution in [1.82, 2.24) is 24.6 Å². The van der Waals surface area contributed by atoms with Crippen molar-refractivity contribution < 1.29 is 42.5 Å². The maximum atomic E-state index is 16.1. The van der Waals surface area contributed by atoms with E-state index in [9.17, 15) is 19.6 Å². The van der Waals surface area contributed by atoms with Crippen LogP contribution >= 0.6 is 7.75 Å². The number of benzene rings is 1. The van der Waals surface area contributed by atoms with Crippen molar-refractivity contribution in [2.24, 2.45) is 0 Å². The van der Waals surface area contributed by atoms with Crippen LogP contribution in [-0.2, 0) is 23.4 Å². The summed E-state index contributed by atoms with van der Waals surface area (Å²) in [5.74, 6) is -0.426. The van der Waals surface area contributed by atoms with Crippen LogP contribution in [0.3, 0.4) is 0 Å². The Bertz CT molecular complexity index is 1410. The highest BCUT2D eigenvalue weighted by molar-refractivity contribution is 7.52. The molecule has 41 heavy (non-hydrogen) atoms. The van der Waals surface area contributed by atoms with Crippen molar-refractivity contribution in [2.75, 3.05) is 31.3 Å². The van der Waals surface area contributed by atoms with Gasteiger partial charge in [0.2, 0.25) is 11.6 Å². The molecule has 0 spiro atoms. The minimum Gasteiger partial charge on any atom is -0.462 e. The lowest BCUT2D eigenvalue weighted by molar-refractivity contribution is -0.149. The fourth-order valence-corrected chi connectivity index (χ4v) is 5.69. The number of esters is 1. The topological polar surface area (TPSA) is 205 Å². The Morgan fingerprint density at radius 1 is 1.29 bits per heavy atom. The molecular weight excluding hydrogens is 564 g/mol. The van der Waals surface area contributed by atoms with E-state index in [0.29, 0.717) is 0 Å². The zero-order valence-corrected chi connectivity index (χ0v) is 23.7. The Morgan fingerprint density at radius 3 is 2.63 bits per heavy atom. The Balaban J connectivity index is 1.59. The van der Waals surface area contributed by atoms with Gasteiger partial charge >= 0.3 is 13.7 Å². The van der Waals surface area contributed by atoms with Crippen LogP contribution in [0.1, 0.15) is 27.0 Å². The zero-order chi connectivity index (χ0) is 29.9. The number of nitrogens with two attached hydrogens (primary N) is 1. The summed E-state index contributed by atoms with van der Waals surface area (Å²) in [5, 5.41) is 26.2. The predicted molar refractivity (Wildman–Crippen MR) is 145 cm³/mol. The molecule has 0 bridgehead atoms. The first-order valence-electron chi connectivity index (χ1n) is 12.7. The number of nitrogens with one attached hydrogen (secondary N) is 2. The average Bonchev–Trinajstić information content (AvgIpc) is 3.45. The highest BCUT2D eigenvalue weighted by Gasteiger charge is 2.59. The maximum Gasteiger partial charge on any atom is 0.459 e. The lowest BCUT2D eigenvalue weighted by Gasteiger charge is -2.27. The van der Waals surface area contributed by atoms with Crippen LogP contribution in [0.5, 0.6) is 5.75 Å². The monoisotopic (exact) mass is 597 g/mol. The quantitative estimate of drug-likeness (QED) is 0.148. The van der Waals surface area contributed by atoms with E-state index in [1.807, 2.05) is 0 Å². The molecule has 0 amide bonds. The maximum absolute atomic E-state index is 16.1. The second-order valence-electron chi connectivity index (χ2n) is 9.60. The molecule has 6 N–H and O–H groups in total. The Morgan fingerprint density at radius 2 is 2.00 bits per heavy atom. The third-order valence-electron chi connectivity index (χ3n) is 6.16. The number of nitrogens with zero attached hydrogens (tertiary/aromatic N) is 4. The second-order valence-corrected chi connectivity index (χ2v) is 11.3. The molecule has 17 heteroatoms. The fourth-order valence-electron chi connectivity index (χ4n) is 4.19. The number of alkyl halides is 1. The minimum atomic E-state index is -4.35. The van der Waals surface area contributed by atoms with Crippen molar-refractivity contribution in [3.63, 3.8) is 0 Å². The van der Waals surface area contributed by atoms with E-state index in [4.69, 9.17) is 24.3 Å². The van der Waals surface area contributed by atoms with Gasteiger partial charge in [0.1, 0.15) is 24.0 Å². The van der Waals surface area contributed by atoms with Crippen molar-refractivity contribution in [1.29, 1.82) is 0 Å². The molecule has 2 aromatic heterocycles. The average molecular weight is 598 g/mol. The molecule has 15 nitrogen and oxygen atoms in total. The highest BCUT2D eigenvalue weighted by Crippen LogP contribution is 2.48. The number of hydrogen-bond donors (Lipinski definition) is 5. The van der Waals surface area contributed by atoms with E-state index >= 15 is 4.39 Å². The molecular formula is C24H33FN7O8P. The number of rotatable bonds is 12. The molecule has 3 heterocycles. The summed E-state index contributed by atoms with van der Waals surface area (Å²) in [6, 6.07) is 6.88. The first-order valence-corrected chi connectivity index (χ1v) is 14.2. The lowest BCUT2D eigenvalue weighted by atomic mass is 9.97. The van der Waals surface area contributed by atoms with Gasteiger partial charge in [0.25, 0.3) is 0 Å². The highest BCUT2D eigenvalue weighted by atomic mass is 31.2. The number of nitrogen functional groups attached to an aromatic ring is 1. The number of aliphatic hydroxyl groups is 2. The summed E-state index contributed by atoms with van der Waals surface area (Å²) in [7, 11) is -2.76. The largest absolute Gasteiger partial charge is 0.462 e. The van der Waals surface area contributed by atoms with E-state index in [2.05, 4.69) is 25.4 Å². The number of ether oxygens (including phenoxy) is 2. The molecule has 2 unspecified atom stereocenters. The summed E-state index contributed by atoms with van der Waals surface area (Å²) >= 11 is 0. The first-order chi connectivity index (χ1) is 19.4.